The molecule has 0 heterocycles. The molecule has 0 radical (unpaired) electrons. The van der Waals surface area contributed by atoms with E-state index in [1.807, 2.05) is 30.3 Å². The summed E-state index contributed by atoms with van der Waals surface area (Å²) in [5, 5.41) is 0.764. The number of aryl methyl sites for hydroxylation is 1. The van der Waals surface area contributed by atoms with Crippen molar-refractivity contribution < 1.29 is 0 Å². The molecule has 1 nitrogen and oxygen atoms in total. The van der Waals surface area contributed by atoms with Gasteiger partial charge in [0.2, 0.25) is 0 Å². The number of halogens is 1. The van der Waals surface area contributed by atoms with Gasteiger partial charge in [-0.05, 0) is 60.8 Å². The Morgan fingerprint density at radius 3 is 2.50 bits per heavy atom. The van der Waals surface area contributed by atoms with Gasteiger partial charge in [-0.2, -0.15) is 0 Å². The summed E-state index contributed by atoms with van der Waals surface area (Å²) in [5.74, 6) is 0. The quantitative estimate of drug-likeness (QED) is 0.787. The molecule has 0 fully saturated rings. The van der Waals surface area contributed by atoms with E-state index in [-0.39, 0.29) is 0 Å². The van der Waals surface area contributed by atoms with Crippen molar-refractivity contribution in [3.63, 3.8) is 0 Å². The van der Waals surface area contributed by atoms with Crippen molar-refractivity contribution in [3.05, 3.63) is 59.1 Å². The first-order valence-corrected chi connectivity index (χ1v) is 6.18. The molecule has 0 saturated carbocycles. The lowest BCUT2D eigenvalue weighted by atomic mass is 10.2. The van der Waals surface area contributed by atoms with Crippen LogP contribution < -0.4 is 4.72 Å². The largest absolute Gasteiger partial charge is 0.326 e. The van der Waals surface area contributed by atoms with E-state index in [1.165, 1.54) is 5.56 Å². The standard InChI is InChI=1S/C13H12ClNS/c1-10-3-2-4-12(9-10)15-16-13-7-5-11(14)6-8-13/h2-9,15H,1H3. The van der Waals surface area contributed by atoms with Gasteiger partial charge in [-0.25, -0.2) is 0 Å². The summed E-state index contributed by atoms with van der Waals surface area (Å²) in [6, 6.07) is 16.1. The molecule has 0 saturated heterocycles. The molecule has 2 aromatic carbocycles. The molecule has 2 aromatic rings. The number of hydrogen-bond acceptors (Lipinski definition) is 2. The summed E-state index contributed by atoms with van der Waals surface area (Å²) >= 11 is 7.40. The molecule has 82 valence electrons. The first-order valence-electron chi connectivity index (χ1n) is 4.99. The molecule has 0 aliphatic carbocycles. The van der Waals surface area contributed by atoms with E-state index in [0.717, 1.165) is 15.6 Å². The Labute approximate surface area is 105 Å². The summed E-state index contributed by atoms with van der Waals surface area (Å²) in [4.78, 5) is 1.14. The Bertz CT molecular complexity index is 468. The smallest absolute Gasteiger partial charge is 0.0445 e. The van der Waals surface area contributed by atoms with Crippen LogP contribution in [0.25, 0.3) is 0 Å². The van der Waals surface area contributed by atoms with Gasteiger partial charge >= 0.3 is 0 Å². The molecule has 0 bridgehead atoms. The zero-order chi connectivity index (χ0) is 11.4. The Balaban J connectivity index is 1.99. The molecule has 16 heavy (non-hydrogen) atoms. The second kappa shape index (κ2) is 5.28. The van der Waals surface area contributed by atoms with Gasteiger partial charge in [0, 0.05) is 15.6 Å². The molecule has 0 spiro atoms. The van der Waals surface area contributed by atoms with Gasteiger partial charge in [-0.3, -0.25) is 0 Å². The van der Waals surface area contributed by atoms with Gasteiger partial charge in [0.25, 0.3) is 0 Å². The maximum absolute atomic E-state index is 5.82. The average molecular weight is 250 g/mol. The highest BCUT2D eigenvalue weighted by Gasteiger charge is 1.95. The Morgan fingerprint density at radius 2 is 1.81 bits per heavy atom. The summed E-state index contributed by atoms with van der Waals surface area (Å²) < 4.78 is 3.29. The van der Waals surface area contributed by atoms with E-state index < -0.39 is 0 Å². The fraction of sp³-hybridized carbons (Fsp3) is 0.0769. The van der Waals surface area contributed by atoms with E-state index in [2.05, 4.69) is 29.8 Å². The van der Waals surface area contributed by atoms with Crippen molar-refractivity contribution in [1.82, 2.24) is 0 Å². The Morgan fingerprint density at radius 1 is 1.06 bits per heavy atom. The highest BCUT2D eigenvalue weighted by atomic mass is 35.5. The maximum atomic E-state index is 5.82. The molecular weight excluding hydrogens is 238 g/mol. The minimum Gasteiger partial charge on any atom is -0.326 e. The number of anilines is 1. The van der Waals surface area contributed by atoms with Crippen LogP contribution in [0.5, 0.6) is 0 Å². The monoisotopic (exact) mass is 249 g/mol. The van der Waals surface area contributed by atoms with Crippen molar-refractivity contribution in [2.75, 3.05) is 4.72 Å². The first-order chi connectivity index (χ1) is 7.74. The highest BCUT2D eigenvalue weighted by Crippen LogP contribution is 2.22. The first kappa shape index (κ1) is 11.4. The third kappa shape index (κ3) is 3.19. The SMILES string of the molecule is Cc1cccc(NSc2ccc(Cl)cc2)c1. The van der Waals surface area contributed by atoms with Gasteiger partial charge in [0.05, 0.1) is 0 Å². The number of hydrogen-bond donors (Lipinski definition) is 1. The zero-order valence-electron chi connectivity index (χ0n) is 8.91. The molecule has 3 heteroatoms. The molecule has 1 N–H and O–H groups in total. The van der Waals surface area contributed by atoms with Crippen LogP contribution in [0.4, 0.5) is 5.69 Å². The van der Waals surface area contributed by atoms with E-state index in [4.69, 9.17) is 11.6 Å². The van der Waals surface area contributed by atoms with Crippen molar-refractivity contribution in [2.45, 2.75) is 11.8 Å². The van der Waals surface area contributed by atoms with E-state index >= 15 is 0 Å². The van der Waals surface area contributed by atoms with Gasteiger partial charge in [-0.1, -0.05) is 23.7 Å². The van der Waals surface area contributed by atoms with Crippen LogP contribution in [-0.2, 0) is 0 Å². The maximum Gasteiger partial charge on any atom is 0.0445 e. The number of nitrogens with one attached hydrogen (secondary N) is 1. The van der Waals surface area contributed by atoms with Crippen molar-refractivity contribution in [1.29, 1.82) is 0 Å². The third-order valence-corrected chi connectivity index (χ3v) is 3.22. The van der Waals surface area contributed by atoms with E-state index in [9.17, 15) is 0 Å². The fourth-order valence-corrected chi connectivity index (χ4v) is 2.09. The van der Waals surface area contributed by atoms with Crippen LogP contribution in [0, 0.1) is 6.92 Å². The van der Waals surface area contributed by atoms with Crippen LogP contribution >= 0.6 is 23.5 Å². The summed E-state index contributed by atoms with van der Waals surface area (Å²) in [7, 11) is 0. The lowest BCUT2D eigenvalue weighted by Gasteiger charge is -2.05. The predicted octanol–water partition coefficient (Wildman–Crippen LogP) is 4.77. The average Bonchev–Trinajstić information content (AvgIpc) is 2.28. The molecule has 0 aromatic heterocycles. The van der Waals surface area contributed by atoms with Crippen LogP contribution in [0.3, 0.4) is 0 Å². The van der Waals surface area contributed by atoms with E-state index in [1.54, 1.807) is 11.9 Å². The minimum atomic E-state index is 0.764. The summed E-state index contributed by atoms with van der Waals surface area (Å²) in [5.41, 5.74) is 2.36. The minimum absolute atomic E-state index is 0.764. The zero-order valence-corrected chi connectivity index (χ0v) is 10.5. The third-order valence-electron chi connectivity index (χ3n) is 2.12. The molecule has 2 rings (SSSR count). The Kier molecular flexibility index (Phi) is 3.75. The van der Waals surface area contributed by atoms with Crippen LogP contribution in [0.15, 0.2) is 53.4 Å². The molecule has 0 atom stereocenters. The lowest BCUT2D eigenvalue weighted by Crippen LogP contribution is -1.86. The van der Waals surface area contributed by atoms with Crippen LogP contribution in [0.1, 0.15) is 5.56 Å². The van der Waals surface area contributed by atoms with Gasteiger partial charge in [0.1, 0.15) is 0 Å². The molecule has 0 aliphatic rings. The van der Waals surface area contributed by atoms with Crippen LogP contribution in [0.2, 0.25) is 5.02 Å². The fourth-order valence-electron chi connectivity index (χ4n) is 1.33. The lowest BCUT2D eigenvalue weighted by molar-refractivity contribution is 1.45. The molecule has 0 unspecified atom stereocenters. The predicted molar refractivity (Wildman–Crippen MR) is 72.1 cm³/mol. The molecule has 0 amide bonds. The number of rotatable bonds is 3. The number of benzene rings is 2. The van der Waals surface area contributed by atoms with Crippen molar-refractivity contribution in [2.24, 2.45) is 0 Å². The highest BCUT2D eigenvalue weighted by molar-refractivity contribution is 8.00. The molecule has 0 aliphatic heterocycles. The Hall–Kier alpha value is -1.12. The summed E-state index contributed by atoms with van der Waals surface area (Å²) in [6.45, 7) is 2.08. The van der Waals surface area contributed by atoms with Gasteiger partial charge < -0.3 is 4.72 Å². The normalized spacial score (nSPS) is 10.1. The van der Waals surface area contributed by atoms with Gasteiger partial charge in [0.15, 0.2) is 0 Å². The summed E-state index contributed by atoms with van der Waals surface area (Å²) in [6.07, 6.45) is 0. The topological polar surface area (TPSA) is 12.0 Å². The van der Waals surface area contributed by atoms with Crippen molar-refractivity contribution in [3.8, 4) is 0 Å². The van der Waals surface area contributed by atoms with Crippen molar-refractivity contribution >= 4 is 29.2 Å². The second-order valence-corrected chi connectivity index (χ2v) is 4.84. The molecular formula is C13H12ClNS. The van der Waals surface area contributed by atoms with Crippen LogP contribution in [-0.4, -0.2) is 0 Å². The van der Waals surface area contributed by atoms with E-state index in [0.29, 0.717) is 0 Å². The van der Waals surface area contributed by atoms with Gasteiger partial charge in [-0.15, -0.1) is 0 Å². The second-order valence-electron chi connectivity index (χ2n) is 3.53.